The van der Waals surface area contributed by atoms with Gasteiger partial charge in [0.2, 0.25) is 0 Å². The zero-order chi connectivity index (χ0) is 18.6. The molecule has 3 heterocycles. The molecule has 0 saturated heterocycles. The van der Waals surface area contributed by atoms with E-state index in [2.05, 4.69) is 31.1 Å². The first-order valence-electron chi connectivity index (χ1n) is 8.51. The van der Waals surface area contributed by atoms with Crippen molar-refractivity contribution in [3.05, 3.63) is 60.7 Å². The molecule has 27 heavy (non-hydrogen) atoms. The number of aromatic nitrogens is 5. The summed E-state index contributed by atoms with van der Waals surface area (Å²) in [6, 6.07) is 11.7. The van der Waals surface area contributed by atoms with Gasteiger partial charge in [-0.15, -0.1) is 5.10 Å². The van der Waals surface area contributed by atoms with E-state index in [1.165, 1.54) is 0 Å². The molecule has 0 amide bonds. The Bertz CT molecular complexity index is 1060. The largest absolute Gasteiger partial charge is 0.342 e. The maximum absolute atomic E-state index is 12.1. The van der Waals surface area contributed by atoms with Crippen LogP contribution in [0.5, 0.6) is 0 Å². The predicted octanol–water partition coefficient (Wildman–Crippen LogP) is 1.44. The minimum absolute atomic E-state index is 0.448. The van der Waals surface area contributed by atoms with Gasteiger partial charge in [0.25, 0.3) is 0 Å². The zero-order valence-electron chi connectivity index (χ0n) is 14.5. The number of nitrogens with zero attached hydrogens (tertiary/aromatic N) is 4. The van der Waals surface area contributed by atoms with Crippen molar-refractivity contribution >= 4 is 22.0 Å². The van der Waals surface area contributed by atoms with Gasteiger partial charge in [-0.25, -0.2) is 18.6 Å². The molecule has 0 aliphatic heterocycles. The van der Waals surface area contributed by atoms with Crippen molar-refractivity contribution in [2.24, 2.45) is 5.73 Å². The van der Waals surface area contributed by atoms with Gasteiger partial charge in [-0.2, -0.15) is 0 Å². The molecular formula is C18H19N7OS. The van der Waals surface area contributed by atoms with Crippen molar-refractivity contribution in [2.75, 3.05) is 13.1 Å². The van der Waals surface area contributed by atoms with Crippen LogP contribution in [0.25, 0.3) is 22.2 Å². The molecule has 4 N–H and O–H groups in total. The highest BCUT2D eigenvalue weighted by molar-refractivity contribution is 7.83. The molecule has 0 bridgehead atoms. The van der Waals surface area contributed by atoms with Gasteiger partial charge in [-0.1, -0.05) is 17.3 Å². The van der Waals surface area contributed by atoms with E-state index in [1.807, 2.05) is 36.5 Å². The molecule has 4 aromatic rings. The van der Waals surface area contributed by atoms with Crippen molar-refractivity contribution in [1.29, 1.82) is 0 Å². The van der Waals surface area contributed by atoms with Crippen molar-refractivity contribution in [1.82, 2.24) is 29.7 Å². The second-order valence-corrected chi connectivity index (χ2v) is 7.29. The first kappa shape index (κ1) is 17.5. The number of fused-ring (bicyclic) bond motifs is 1. The number of pyridine rings is 1. The van der Waals surface area contributed by atoms with Crippen LogP contribution in [0, 0.1) is 0 Å². The van der Waals surface area contributed by atoms with Crippen LogP contribution in [0.2, 0.25) is 0 Å². The molecule has 0 fully saturated rings. The molecule has 1 unspecified atom stereocenters. The SMILES string of the molecule is NCCNS(=O)c1ccc(-c2ccnc3[nH]c(Cn4ccnn4)cc23)cc1. The van der Waals surface area contributed by atoms with Crippen LogP contribution in [0.1, 0.15) is 5.69 Å². The summed E-state index contributed by atoms with van der Waals surface area (Å²) < 4.78 is 16.8. The smallest absolute Gasteiger partial charge is 0.138 e. The van der Waals surface area contributed by atoms with Crippen LogP contribution in [0.4, 0.5) is 0 Å². The van der Waals surface area contributed by atoms with Gasteiger partial charge in [0.05, 0.1) is 17.6 Å². The molecule has 1 atom stereocenters. The van der Waals surface area contributed by atoms with Crippen LogP contribution in [0.3, 0.4) is 0 Å². The molecule has 0 spiro atoms. The number of aromatic amines is 1. The summed E-state index contributed by atoms with van der Waals surface area (Å²) in [6.45, 7) is 1.56. The summed E-state index contributed by atoms with van der Waals surface area (Å²) in [5.74, 6) is 0. The van der Waals surface area contributed by atoms with Crippen molar-refractivity contribution in [3.8, 4) is 11.1 Å². The maximum atomic E-state index is 12.1. The summed E-state index contributed by atoms with van der Waals surface area (Å²) in [6.07, 6.45) is 5.25. The summed E-state index contributed by atoms with van der Waals surface area (Å²) in [4.78, 5) is 8.47. The Labute approximate surface area is 158 Å². The van der Waals surface area contributed by atoms with Crippen LogP contribution < -0.4 is 10.5 Å². The van der Waals surface area contributed by atoms with Crippen LogP contribution in [-0.2, 0) is 17.5 Å². The number of rotatable bonds is 7. The Balaban J connectivity index is 1.63. The predicted molar refractivity (Wildman–Crippen MR) is 104 cm³/mol. The second kappa shape index (κ2) is 7.78. The molecular weight excluding hydrogens is 362 g/mol. The van der Waals surface area contributed by atoms with E-state index < -0.39 is 11.0 Å². The van der Waals surface area contributed by atoms with Gasteiger partial charge in [-0.3, -0.25) is 0 Å². The Morgan fingerprint density at radius 2 is 2.04 bits per heavy atom. The van der Waals surface area contributed by atoms with Gasteiger partial charge in [-0.05, 0) is 35.4 Å². The molecule has 9 heteroatoms. The number of nitrogens with one attached hydrogen (secondary N) is 2. The molecule has 0 saturated carbocycles. The van der Waals surface area contributed by atoms with E-state index >= 15 is 0 Å². The summed E-state index contributed by atoms with van der Waals surface area (Å²) in [7, 11) is -1.25. The van der Waals surface area contributed by atoms with Gasteiger partial charge in [0.1, 0.15) is 16.6 Å². The Kier molecular flexibility index (Phi) is 5.05. The number of nitrogens with two attached hydrogens (primary N) is 1. The lowest BCUT2D eigenvalue weighted by Gasteiger charge is -2.06. The lowest BCUT2D eigenvalue weighted by Crippen LogP contribution is -2.24. The molecule has 1 aromatic carbocycles. The van der Waals surface area contributed by atoms with E-state index in [1.54, 1.807) is 17.1 Å². The quantitative estimate of drug-likeness (QED) is 0.448. The minimum atomic E-state index is -1.25. The fourth-order valence-corrected chi connectivity index (χ4v) is 3.76. The third-order valence-corrected chi connectivity index (χ3v) is 5.32. The first-order chi connectivity index (χ1) is 13.2. The highest BCUT2D eigenvalue weighted by Crippen LogP contribution is 2.28. The van der Waals surface area contributed by atoms with Gasteiger partial charge in [0.15, 0.2) is 0 Å². The van der Waals surface area contributed by atoms with Crippen molar-refractivity contribution < 1.29 is 4.21 Å². The average molecular weight is 381 g/mol. The number of benzene rings is 1. The Morgan fingerprint density at radius 1 is 1.19 bits per heavy atom. The zero-order valence-corrected chi connectivity index (χ0v) is 15.3. The highest BCUT2D eigenvalue weighted by atomic mass is 32.2. The highest BCUT2D eigenvalue weighted by Gasteiger charge is 2.10. The summed E-state index contributed by atoms with van der Waals surface area (Å²) in [5, 5.41) is 8.85. The molecule has 4 rings (SSSR count). The number of hydrogen-bond acceptors (Lipinski definition) is 5. The standard InChI is InChI=1S/C18H19N7OS/c19-6-8-22-27(26)15-3-1-13(2-4-15)16-5-7-20-18-17(16)11-14(23-18)12-25-10-9-21-24-25/h1-5,7,9-11,22H,6,8,12,19H2,(H,20,23). The molecule has 0 aliphatic rings. The fourth-order valence-electron chi connectivity index (χ4n) is 2.90. The van der Waals surface area contributed by atoms with E-state index in [4.69, 9.17) is 5.73 Å². The summed E-state index contributed by atoms with van der Waals surface area (Å²) >= 11 is 0. The van der Waals surface area contributed by atoms with E-state index in [9.17, 15) is 4.21 Å². The first-order valence-corrected chi connectivity index (χ1v) is 9.66. The Morgan fingerprint density at radius 3 is 2.78 bits per heavy atom. The van der Waals surface area contributed by atoms with Crippen molar-refractivity contribution in [3.63, 3.8) is 0 Å². The van der Waals surface area contributed by atoms with E-state index in [0.717, 1.165) is 32.7 Å². The molecule has 138 valence electrons. The van der Waals surface area contributed by atoms with Crippen molar-refractivity contribution in [2.45, 2.75) is 11.4 Å². The van der Waals surface area contributed by atoms with Gasteiger partial charge >= 0.3 is 0 Å². The van der Waals surface area contributed by atoms with Crippen LogP contribution in [0.15, 0.2) is 59.9 Å². The normalized spacial score (nSPS) is 12.5. The molecule has 8 nitrogen and oxygen atoms in total. The monoisotopic (exact) mass is 381 g/mol. The minimum Gasteiger partial charge on any atom is -0.342 e. The van der Waals surface area contributed by atoms with Crippen LogP contribution in [-0.4, -0.2) is 42.3 Å². The Hall–Kier alpha value is -2.88. The third-order valence-electron chi connectivity index (χ3n) is 4.15. The number of hydrogen-bond donors (Lipinski definition) is 3. The molecule has 0 aliphatic carbocycles. The van der Waals surface area contributed by atoms with E-state index in [-0.39, 0.29) is 0 Å². The van der Waals surface area contributed by atoms with Gasteiger partial charge < -0.3 is 10.7 Å². The topological polar surface area (TPSA) is 115 Å². The molecule has 3 aromatic heterocycles. The lowest BCUT2D eigenvalue weighted by atomic mass is 10.0. The van der Waals surface area contributed by atoms with Gasteiger partial charge in [0, 0.05) is 36.6 Å². The van der Waals surface area contributed by atoms with E-state index in [0.29, 0.717) is 19.6 Å². The maximum Gasteiger partial charge on any atom is 0.138 e. The fraction of sp³-hybridized carbons (Fsp3) is 0.167. The average Bonchev–Trinajstić information content (AvgIpc) is 3.35. The third kappa shape index (κ3) is 3.80. The summed E-state index contributed by atoms with van der Waals surface area (Å²) in [5.41, 5.74) is 9.35. The van der Waals surface area contributed by atoms with Crippen LogP contribution >= 0.6 is 0 Å². The number of H-pyrrole nitrogens is 1. The molecule has 0 radical (unpaired) electrons. The second-order valence-electron chi connectivity index (χ2n) is 5.99. The lowest BCUT2D eigenvalue weighted by molar-refractivity contribution is 0.641.